The number of carbonyl (C=O) groups excluding carboxylic acids is 3. The fraction of sp³-hybridized carbons (Fsp3) is 0.111. The monoisotopic (exact) mass is 625 g/mol. The maximum atomic E-state index is 12.8. The number of benzene rings is 3. The Balaban J connectivity index is 1.43. The van der Waals surface area contributed by atoms with E-state index in [9.17, 15) is 19.6 Å². The number of imide groups is 1. The molecule has 0 bridgehead atoms. The molecule has 186 valence electrons. The van der Waals surface area contributed by atoms with Crippen molar-refractivity contribution in [3.63, 3.8) is 0 Å². The van der Waals surface area contributed by atoms with Crippen molar-refractivity contribution >= 4 is 63.2 Å². The topological polar surface area (TPSA) is 109 Å². The highest BCUT2D eigenvalue weighted by Crippen LogP contribution is 2.35. The maximum Gasteiger partial charge on any atom is 0.294 e. The zero-order valence-corrected chi connectivity index (χ0v) is 22.5. The zero-order chi connectivity index (χ0) is 26.4. The average molecular weight is 625 g/mol. The molecule has 3 aromatic carbocycles. The minimum absolute atomic E-state index is 0.183. The predicted octanol–water partition coefficient (Wildman–Crippen LogP) is 5.43. The number of ether oxygens (including phenoxy) is 2. The van der Waals surface area contributed by atoms with Crippen molar-refractivity contribution in [3.05, 3.63) is 91.9 Å². The maximum absolute atomic E-state index is 12.8. The first-order valence-corrected chi connectivity index (χ1v) is 12.9. The molecule has 0 saturated carbocycles. The molecule has 1 aliphatic heterocycles. The van der Waals surface area contributed by atoms with E-state index in [1.165, 1.54) is 7.11 Å². The van der Waals surface area contributed by atoms with Gasteiger partial charge in [-0.1, -0.05) is 24.3 Å². The molecule has 1 heterocycles. The average Bonchev–Trinajstić information content (AvgIpc) is 3.16. The Morgan fingerprint density at radius 3 is 2.59 bits per heavy atom. The molecule has 4 rings (SSSR count). The number of hydrogen-bond donors (Lipinski definition) is 1. The molecule has 8 nitrogen and oxygen atoms in total. The minimum atomic E-state index is -0.542. The Hall–Kier alpha value is -3.82. The van der Waals surface area contributed by atoms with E-state index in [1.807, 2.05) is 24.3 Å². The number of nitriles is 1. The van der Waals surface area contributed by atoms with Crippen LogP contribution in [-0.2, 0) is 16.2 Å². The van der Waals surface area contributed by atoms with Crippen LogP contribution in [0.15, 0.2) is 71.6 Å². The van der Waals surface area contributed by atoms with E-state index < -0.39 is 17.1 Å². The van der Waals surface area contributed by atoms with Gasteiger partial charge in [0.05, 0.1) is 23.6 Å². The first-order valence-electron chi connectivity index (χ1n) is 11.0. The van der Waals surface area contributed by atoms with E-state index in [0.29, 0.717) is 28.3 Å². The Morgan fingerprint density at radius 2 is 1.86 bits per heavy atom. The van der Waals surface area contributed by atoms with Crippen molar-refractivity contribution in [3.8, 4) is 17.6 Å². The summed E-state index contributed by atoms with van der Waals surface area (Å²) in [6.45, 7) is -0.198. The number of nitrogens with zero attached hydrogens (tertiary/aromatic N) is 2. The Bertz CT molecular complexity index is 1430. The van der Waals surface area contributed by atoms with Crippen molar-refractivity contribution in [2.24, 2.45) is 0 Å². The molecular formula is C27H20IN3O5S. The summed E-state index contributed by atoms with van der Waals surface area (Å²) in [6, 6.07) is 21.6. The minimum Gasteiger partial charge on any atom is -0.493 e. The largest absolute Gasteiger partial charge is 0.493 e. The van der Waals surface area contributed by atoms with Gasteiger partial charge in [0.25, 0.3) is 11.1 Å². The Kier molecular flexibility index (Phi) is 8.47. The quantitative estimate of drug-likeness (QED) is 0.263. The van der Waals surface area contributed by atoms with Gasteiger partial charge in [-0.25, -0.2) is 0 Å². The lowest BCUT2D eigenvalue weighted by atomic mass is 10.1. The van der Waals surface area contributed by atoms with E-state index in [2.05, 4.69) is 34.0 Å². The van der Waals surface area contributed by atoms with E-state index >= 15 is 0 Å². The second-order valence-corrected chi connectivity index (χ2v) is 10.0. The first kappa shape index (κ1) is 26.2. The second-order valence-electron chi connectivity index (χ2n) is 7.79. The third-order valence-corrected chi connectivity index (χ3v) is 6.94. The second kappa shape index (κ2) is 11.9. The molecular weight excluding hydrogens is 605 g/mol. The van der Waals surface area contributed by atoms with Crippen LogP contribution in [0.5, 0.6) is 11.5 Å². The van der Waals surface area contributed by atoms with Gasteiger partial charge in [0.1, 0.15) is 13.2 Å². The van der Waals surface area contributed by atoms with Gasteiger partial charge in [-0.15, -0.1) is 0 Å². The lowest BCUT2D eigenvalue weighted by molar-refractivity contribution is -0.127. The molecule has 1 N–H and O–H groups in total. The number of thioether (sulfide) groups is 1. The van der Waals surface area contributed by atoms with Crippen molar-refractivity contribution in [2.45, 2.75) is 6.61 Å². The molecule has 1 aliphatic rings. The summed E-state index contributed by atoms with van der Waals surface area (Å²) in [6.07, 6.45) is 1.57. The van der Waals surface area contributed by atoms with E-state index in [-0.39, 0.29) is 18.1 Å². The number of amides is 3. The smallest absolute Gasteiger partial charge is 0.294 e. The first-order chi connectivity index (χ1) is 17.9. The van der Waals surface area contributed by atoms with Crippen LogP contribution < -0.4 is 14.8 Å². The molecule has 1 fully saturated rings. The number of hydrogen-bond acceptors (Lipinski definition) is 7. The molecule has 0 aliphatic carbocycles. The zero-order valence-electron chi connectivity index (χ0n) is 19.6. The molecule has 0 aromatic heterocycles. The van der Waals surface area contributed by atoms with E-state index in [0.717, 1.165) is 25.8 Å². The van der Waals surface area contributed by atoms with Gasteiger partial charge in [0.2, 0.25) is 5.91 Å². The van der Waals surface area contributed by atoms with Crippen LogP contribution in [0.1, 0.15) is 16.7 Å². The van der Waals surface area contributed by atoms with Crippen LogP contribution in [0.25, 0.3) is 6.08 Å². The van der Waals surface area contributed by atoms with Gasteiger partial charge in [0.15, 0.2) is 11.5 Å². The number of rotatable bonds is 8. The predicted molar refractivity (Wildman–Crippen MR) is 149 cm³/mol. The SMILES string of the molecule is COc1cc(/C=C2\SC(=O)N(CC(=O)Nc3ccc(I)cc3)C2=O)ccc1OCc1ccccc1C#N. The summed E-state index contributed by atoms with van der Waals surface area (Å²) >= 11 is 2.93. The number of halogens is 1. The van der Waals surface area contributed by atoms with Crippen LogP contribution in [0, 0.1) is 14.9 Å². The van der Waals surface area contributed by atoms with Crippen molar-refractivity contribution in [2.75, 3.05) is 19.0 Å². The molecule has 3 aromatic rings. The van der Waals surface area contributed by atoms with Crippen LogP contribution >= 0.6 is 34.4 Å². The molecule has 37 heavy (non-hydrogen) atoms. The molecule has 10 heteroatoms. The highest BCUT2D eigenvalue weighted by atomic mass is 127. The summed E-state index contributed by atoms with van der Waals surface area (Å²) in [7, 11) is 1.50. The van der Waals surface area contributed by atoms with E-state index in [1.54, 1.807) is 48.5 Å². The van der Waals surface area contributed by atoms with Crippen LogP contribution in [0.4, 0.5) is 10.5 Å². The molecule has 0 atom stereocenters. The Morgan fingerprint density at radius 1 is 1.11 bits per heavy atom. The van der Waals surface area contributed by atoms with Crippen molar-refractivity contribution in [1.29, 1.82) is 5.26 Å². The van der Waals surface area contributed by atoms with Crippen molar-refractivity contribution < 1.29 is 23.9 Å². The summed E-state index contributed by atoms with van der Waals surface area (Å²) in [5.74, 6) is -0.113. The highest BCUT2D eigenvalue weighted by Gasteiger charge is 2.36. The van der Waals surface area contributed by atoms with Crippen molar-refractivity contribution in [1.82, 2.24) is 4.90 Å². The van der Waals surface area contributed by atoms with Crippen LogP contribution in [0.2, 0.25) is 0 Å². The normalized spacial score (nSPS) is 14.0. The third kappa shape index (κ3) is 6.49. The lowest BCUT2D eigenvalue weighted by Crippen LogP contribution is -2.36. The summed E-state index contributed by atoms with van der Waals surface area (Å²) in [5.41, 5.74) is 2.48. The number of anilines is 1. The van der Waals surface area contributed by atoms with Crippen LogP contribution in [-0.4, -0.2) is 35.6 Å². The molecule has 3 amide bonds. The van der Waals surface area contributed by atoms with Gasteiger partial charge in [-0.2, -0.15) is 5.26 Å². The molecule has 0 spiro atoms. The molecule has 1 saturated heterocycles. The molecule has 0 unspecified atom stereocenters. The number of carbonyl (C=O) groups is 3. The van der Waals surface area contributed by atoms with Gasteiger partial charge in [-0.05, 0) is 88.5 Å². The lowest BCUT2D eigenvalue weighted by Gasteiger charge is -2.13. The fourth-order valence-electron chi connectivity index (χ4n) is 3.47. The van der Waals surface area contributed by atoms with E-state index in [4.69, 9.17) is 9.47 Å². The van der Waals surface area contributed by atoms with Gasteiger partial charge in [-0.3, -0.25) is 19.3 Å². The number of methoxy groups -OCH3 is 1. The summed E-state index contributed by atoms with van der Waals surface area (Å²) in [4.78, 5) is 38.8. The summed E-state index contributed by atoms with van der Waals surface area (Å²) < 4.78 is 12.3. The summed E-state index contributed by atoms with van der Waals surface area (Å²) in [5, 5.41) is 11.4. The standard InChI is InChI=1S/C27H20IN3O5S/c1-35-23-12-17(6-11-22(23)36-16-19-5-3-2-4-18(19)14-29)13-24-26(33)31(27(34)37-24)15-25(32)30-21-9-7-20(28)8-10-21/h2-13H,15-16H2,1H3,(H,30,32)/b24-13-. The molecule has 0 radical (unpaired) electrons. The Labute approximate surface area is 231 Å². The van der Waals surface area contributed by atoms with Gasteiger partial charge >= 0.3 is 0 Å². The van der Waals surface area contributed by atoms with Crippen LogP contribution in [0.3, 0.4) is 0 Å². The fourth-order valence-corrected chi connectivity index (χ4v) is 4.67. The van der Waals surface area contributed by atoms with Gasteiger partial charge in [0, 0.05) is 14.8 Å². The number of nitrogens with one attached hydrogen (secondary N) is 1. The third-order valence-electron chi connectivity index (χ3n) is 5.31. The highest BCUT2D eigenvalue weighted by molar-refractivity contribution is 14.1. The van der Waals surface area contributed by atoms with Gasteiger partial charge < -0.3 is 14.8 Å².